The average molecular weight is 323 g/mol. The molecule has 3 atom stereocenters. The van der Waals surface area contributed by atoms with Crippen molar-refractivity contribution in [2.75, 3.05) is 12.4 Å². The molecule has 24 heavy (non-hydrogen) atoms. The third-order valence-electron chi connectivity index (χ3n) is 4.92. The molecule has 0 amide bonds. The van der Waals surface area contributed by atoms with Gasteiger partial charge in [0.1, 0.15) is 5.75 Å². The van der Waals surface area contributed by atoms with Gasteiger partial charge in [-0.15, -0.1) is 0 Å². The first-order valence-corrected chi connectivity index (χ1v) is 7.89. The van der Waals surface area contributed by atoms with E-state index in [2.05, 4.69) is 22.5 Å². The highest BCUT2D eigenvalue weighted by molar-refractivity contribution is 5.73. The molecule has 0 saturated carbocycles. The number of fused-ring (bicyclic) bond motifs is 3. The van der Waals surface area contributed by atoms with Gasteiger partial charge in [-0.3, -0.25) is 15.1 Å². The number of methoxy groups -OCH3 is 1. The molecule has 0 unspecified atom stereocenters. The first-order chi connectivity index (χ1) is 11.7. The van der Waals surface area contributed by atoms with E-state index in [0.29, 0.717) is 11.4 Å². The summed E-state index contributed by atoms with van der Waals surface area (Å²) >= 11 is 0. The van der Waals surface area contributed by atoms with Gasteiger partial charge < -0.3 is 10.1 Å². The van der Waals surface area contributed by atoms with Crippen LogP contribution in [0.5, 0.6) is 5.75 Å². The SMILES string of the molecule is COc1ccc([N+](=O)[O-])c2c1N[C@H](c1cccnc1)[C@@H]1CC=C[C@H]21. The largest absolute Gasteiger partial charge is 0.495 e. The summed E-state index contributed by atoms with van der Waals surface area (Å²) in [6.07, 6.45) is 8.67. The number of benzene rings is 1. The van der Waals surface area contributed by atoms with Gasteiger partial charge in [0.15, 0.2) is 0 Å². The summed E-state index contributed by atoms with van der Waals surface area (Å²) in [5.41, 5.74) is 2.66. The van der Waals surface area contributed by atoms with E-state index in [4.69, 9.17) is 4.74 Å². The molecule has 1 aromatic carbocycles. The zero-order valence-electron chi connectivity index (χ0n) is 13.2. The average Bonchev–Trinajstić information content (AvgIpc) is 3.10. The minimum absolute atomic E-state index is 0.00181. The van der Waals surface area contributed by atoms with Crippen molar-refractivity contribution in [3.05, 3.63) is 70.1 Å². The van der Waals surface area contributed by atoms with Gasteiger partial charge in [-0.05, 0) is 30.0 Å². The fraction of sp³-hybridized carbons (Fsp3) is 0.278. The Labute approximate surface area is 139 Å². The summed E-state index contributed by atoms with van der Waals surface area (Å²) in [4.78, 5) is 15.4. The minimum Gasteiger partial charge on any atom is -0.495 e. The van der Waals surface area contributed by atoms with Crippen molar-refractivity contribution < 1.29 is 9.66 Å². The van der Waals surface area contributed by atoms with E-state index in [1.807, 2.05) is 18.3 Å². The summed E-state index contributed by atoms with van der Waals surface area (Å²) < 4.78 is 5.46. The molecule has 1 N–H and O–H groups in total. The number of rotatable bonds is 3. The zero-order valence-corrected chi connectivity index (χ0v) is 13.2. The van der Waals surface area contributed by atoms with Gasteiger partial charge in [0, 0.05) is 24.4 Å². The van der Waals surface area contributed by atoms with Gasteiger partial charge in [-0.25, -0.2) is 0 Å². The van der Waals surface area contributed by atoms with E-state index in [-0.39, 0.29) is 28.5 Å². The summed E-state index contributed by atoms with van der Waals surface area (Å²) in [5, 5.41) is 15.0. The third kappa shape index (κ3) is 2.14. The summed E-state index contributed by atoms with van der Waals surface area (Å²) in [6.45, 7) is 0. The molecule has 0 fully saturated rings. The Morgan fingerprint density at radius 2 is 2.25 bits per heavy atom. The fourth-order valence-electron chi connectivity index (χ4n) is 3.88. The quantitative estimate of drug-likeness (QED) is 0.528. The van der Waals surface area contributed by atoms with Crippen LogP contribution in [0.2, 0.25) is 0 Å². The molecule has 1 aliphatic heterocycles. The molecule has 6 nitrogen and oxygen atoms in total. The summed E-state index contributed by atoms with van der Waals surface area (Å²) in [6, 6.07) is 7.18. The molecule has 6 heteroatoms. The standard InChI is InChI=1S/C18H17N3O3/c1-24-15-8-7-14(21(22)23)16-12-5-2-6-13(12)17(20-18(15)16)11-4-3-9-19-10-11/h2-5,7-10,12-13,17,20H,6H2,1H3/t12-,13+,17+/m0/s1. The molecule has 2 heterocycles. The monoisotopic (exact) mass is 323 g/mol. The van der Waals surface area contributed by atoms with Crippen LogP contribution in [-0.2, 0) is 0 Å². The second-order valence-corrected chi connectivity index (χ2v) is 6.09. The number of anilines is 1. The Morgan fingerprint density at radius 3 is 2.96 bits per heavy atom. The van der Waals surface area contributed by atoms with Crippen LogP contribution < -0.4 is 10.1 Å². The van der Waals surface area contributed by atoms with Crippen LogP contribution in [0.15, 0.2) is 48.8 Å². The molecule has 1 aromatic heterocycles. The molecule has 2 aromatic rings. The Bertz CT molecular complexity index is 820. The lowest BCUT2D eigenvalue weighted by Crippen LogP contribution is -2.30. The maximum absolute atomic E-state index is 11.5. The number of hydrogen-bond donors (Lipinski definition) is 1. The first kappa shape index (κ1) is 14.7. The number of aromatic nitrogens is 1. The highest BCUT2D eigenvalue weighted by Crippen LogP contribution is 2.54. The topological polar surface area (TPSA) is 77.3 Å². The highest BCUT2D eigenvalue weighted by atomic mass is 16.6. The normalized spacial score (nSPS) is 24.0. The van der Waals surface area contributed by atoms with Gasteiger partial charge in [0.25, 0.3) is 5.69 Å². The molecule has 2 aliphatic rings. The molecular weight excluding hydrogens is 306 g/mol. The van der Waals surface area contributed by atoms with Crippen LogP contribution in [-0.4, -0.2) is 17.0 Å². The molecule has 0 radical (unpaired) electrons. The minimum atomic E-state index is -0.312. The van der Waals surface area contributed by atoms with E-state index in [1.54, 1.807) is 19.4 Å². The predicted molar refractivity (Wildman–Crippen MR) is 90.2 cm³/mol. The molecule has 0 spiro atoms. The molecule has 122 valence electrons. The molecule has 0 saturated heterocycles. The van der Waals surface area contributed by atoms with E-state index >= 15 is 0 Å². The van der Waals surface area contributed by atoms with Crippen molar-refractivity contribution in [3.63, 3.8) is 0 Å². The van der Waals surface area contributed by atoms with E-state index in [9.17, 15) is 10.1 Å². The molecule has 1 aliphatic carbocycles. The summed E-state index contributed by atoms with van der Waals surface area (Å²) in [5.74, 6) is 0.859. The van der Waals surface area contributed by atoms with Gasteiger partial charge in [-0.1, -0.05) is 18.2 Å². The number of pyridine rings is 1. The van der Waals surface area contributed by atoms with E-state index in [1.165, 1.54) is 6.07 Å². The van der Waals surface area contributed by atoms with Crippen molar-refractivity contribution in [1.82, 2.24) is 4.98 Å². The number of nitrogens with one attached hydrogen (secondary N) is 1. The van der Waals surface area contributed by atoms with Gasteiger partial charge >= 0.3 is 0 Å². The number of nitro groups is 1. The van der Waals surface area contributed by atoms with Gasteiger partial charge in [0.2, 0.25) is 0 Å². The molecule has 4 rings (SSSR count). The van der Waals surface area contributed by atoms with E-state index in [0.717, 1.165) is 17.5 Å². The van der Waals surface area contributed by atoms with Crippen LogP contribution in [0.4, 0.5) is 11.4 Å². The number of nitrogens with zero attached hydrogens (tertiary/aromatic N) is 2. The van der Waals surface area contributed by atoms with Crippen molar-refractivity contribution >= 4 is 11.4 Å². The second-order valence-electron chi connectivity index (χ2n) is 6.09. The number of hydrogen-bond acceptors (Lipinski definition) is 5. The van der Waals surface area contributed by atoms with Crippen LogP contribution >= 0.6 is 0 Å². The van der Waals surface area contributed by atoms with Gasteiger partial charge in [0.05, 0.1) is 29.3 Å². The Morgan fingerprint density at radius 1 is 1.38 bits per heavy atom. The summed E-state index contributed by atoms with van der Waals surface area (Å²) in [7, 11) is 1.58. The lowest BCUT2D eigenvalue weighted by Gasteiger charge is -2.37. The highest BCUT2D eigenvalue weighted by Gasteiger charge is 2.42. The lowest BCUT2D eigenvalue weighted by atomic mass is 9.76. The van der Waals surface area contributed by atoms with Crippen molar-refractivity contribution in [2.24, 2.45) is 5.92 Å². The van der Waals surface area contributed by atoms with Crippen LogP contribution in [0.3, 0.4) is 0 Å². The predicted octanol–water partition coefficient (Wildman–Crippen LogP) is 3.82. The maximum atomic E-state index is 11.5. The van der Waals surface area contributed by atoms with Crippen LogP contribution in [0.1, 0.15) is 29.5 Å². The fourth-order valence-corrected chi connectivity index (χ4v) is 3.88. The Balaban J connectivity index is 1.90. The first-order valence-electron chi connectivity index (χ1n) is 7.89. The van der Waals surface area contributed by atoms with Crippen LogP contribution in [0.25, 0.3) is 0 Å². The van der Waals surface area contributed by atoms with Crippen LogP contribution in [0, 0.1) is 16.0 Å². The van der Waals surface area contributed by atoms with Crippen molar-refractivity contribution in [2.45, 2.75) is 18.4 Å². The van der Waals surface area contributed by atoms with Crippen molar-refractivity contribution in [3.8, 4) is 5.75 Å². The van der Waals surface area contributed by atoms with Crippen molar-refractivity contribution in [1.29, 1.82) is 0 Å². The number of ether oxygens (including phenoxy) is 1. The number of nitro benzene ring substituents is 1. The van der Waals surface area contributed by atoms with E-state index < -0.39 is 0 Å². The number of allylic oxidation sites excluding steroid dienone is 2. The van der Waals surface area contributed by atoms with Gasteiger partial charge in [-0.2, -0.15) is 0 Å². The second kappa shape index (κ2) is 5.63. The lowest BCUT2D eigenvalue weighted by molar-refractivity contribution is -0.385. The third-order valence-corrected chi connectivity index (χ3v) is 4.92. The molecule has 0 bridgehead atoms. The Kier molecular flexibility index (Phi) is 3.45. The maximum Gasteiger partial charge on any atom is 0.275 e. The zero-order chi connectivity index (χ0) is 16.7. The molecular formula is C18H17N3O3. The Hall–Kier alpha value is -2.89. The smallest absolute Gasteiger partial charge is 0.275 e.